The Balaban J connectivity index is 1.72. The van der Waals surface area contributed by atoms with Crippen LogP contribution >= 0.6 is 0 Å². The molecular formula is C21H28N2O3. The first kappa shape index (κ1) is 19.6. The van der Waals surface area contributed by atoms with Crippen LogP contribution in [0, 0.1) is 0 Å². The van der Waals surface area contributed by atoms with Gasteiger partial charge >= 0.3 is 6.03 Å². The maximum Gasteiger partial charge on any atom is 0.314 e. The number of ether oxygens (including phenoxy) is 2. The molecule has 0 bridgehead atoms. The number of hydrogen-bond acceptors (Lipinski definition) is 3. The number of urea groups is 1. The van der Waals surface area contributed by atoms with Crippen LogP contribution in [-0.4, -0.2) is 32.3 Å². The molecule has 140 valence electrons. The molecule has 2 aromatic carbocycles. The molecule has 0 aliphatic rings. The average Bonchev–Trinajstić information content (AvgIpc) is 2.65. The smallest absolute Gasteiger partial charge is 0.314 e. The van der Waals surface area contributed by atoms with Gasteiger partial charge in [-0.3, -0.25) is 0 Å². The molecule has 0 heterocycles. The monoisotopic (exact) mass is 356 g/mol. The summed E-state index contributed by atoms with van der Waals surface area (Å²) < 4.78 is 11.2. The van der Waals surface area contributed by atoms with E-state index in [1.165, 1.54) is 5.56 Å². The van der Waals surface area contributed by atoms with Gasteiger partial charge in [-0.25, -0.2) is 4.79 Å². The number of rotatable bonds is 10. The van der Waals surface area contributed by atoms with Crippen LogP contribution in [0.5, 0.6) is 11.5 Å². The van der Waals surface area contributed by atoms with E-state index in [9.17, 15) is 4.79 Å². The Hall–Kier alpha value is -2.69. The predicted octanol–water partition coefficient (Wildman–Crippen LogP) is 3.57. The molecule has 0 atom stereocenters. The Morgan fingerprint density at radius 1 is 0.808 bits per heavy atom. The molecule has 0 saturated carbocycles. The van der Waals surface area contributed by atoms with Crippen molar-refractivity contribution in [1.82, 2.24) is 10.6 Å². The van der Waals surface area contributed by atoms with Crippen LogP contribution in [0.2, 0.25) is 0 Å². The van der Waals surface area contributed by atoms with Gasteiger partial charge in [0, 0.05) is 13.1 Å². The summed E-state index contributed by atoms with van der Waals surface area (Å²) >= 11 is 0. The number of hydrogen-bond donors (Lipinski definition) is 2. The van der Waals surface area contributed by atoms with Crippen molar-refractivity contribution in [1.29, 1.82) is 0 Å². The molecule has 2 aromatic rings. The summed E-state index contributed by atoms with van der Waals surface area (Å²) in [5, 5.41) is 5.77. The van der Waals surface area contributed by atoms with E-state index in [1.807, 2.05) is 50.2 Å². The second-order valence-corrected chi connectivity index (χ2v) is 5.82. The highest BCUT2D eigenvalue weighted by Gasteiger charge is 2.07. The summed E-state index contributed by atoms with van der Waals surface area (Å²) in [6, 6.07) is 15.9. The highest BCUT2D eigenvalue weighted by Crippen LogP contribution is 2.28. The Kier molecular flexibility index (Phi) is 8.33. The highest BCUT2D eigenvalue weighted by atomic mass is 16.5. The maximum atomic E-state index is 11.9. The van der Waals surface area contributed by atoms with Gasteiger partial charge in [0.1, 0.15) is 0 Å². The number of benzene rings is 2. The second kappa shape index (κ2) is 11.0. The molecule has 0 unspecified atom stereocenters. The lowest BCUT2D eigenvalue weighted by atomic mass is 10.1. The normalized spacial score (nSPS) is 10.2. The molecule has 2 amide bonds. The van der Waals surface area contributed by atoms with Gasteiger partial charge in [0.2, 0.25) is 0 Å². The largest absolute Gasteiger partial charge is 0.490 e. The molecule has 5 nitrogen and oxygen atoms in total. The zero-order chi connectivity index (χ0) is 18.6. The third-order valence-corrected chi connectivity index (χ3v) is 3.85. The fourth-order valence-corrected chi connectivity index (χ4v) is 2.60. The Bertz CT molecular complexity index is 674. The fraction of sp³-hybridized carbons (Fsp3) is 0.381. The highest BCUT2D eigenvalue weighted by molar-refractivity contribution is 5.73. The first-order valence-electron chi connectivity index (χ1n) is 9.17. The summed E-state index contributed by atoms with van der Waals surface area (Å²) in [7, 11) is 0. The van der Waals surface area contributed by atoms with Gasteiger partial charge in [-0.15, -0.1) is 0 Å². The van der Waals surface area contributed by atoms with Crippen molar-refractivity contribution in [3.05, 3.63) is 59.7 Å². The van der Waals surface area contributed by atoms with Crippen molar-refractivity contribution < 1.29 is 14.3 Å². The van der Waals surface area contributed by atoms with E-state index in [-0.39, 0.29) is 6.03 Å². The van der Waals surface area contributed by atoms with Crippen LogP contribution in [0.15, 0.2) is 48.5 Å². The summed E-state index contributed by atoms with van der Waals surface area (Å²) in [5.74, 6) is 1.50. The summed E-state index contributed by atoms with van der Waals surface area (Å²) in [4.78, 5) is 11.9. The minimum Gasteiger partial charge on any atom is -0.490 e. The Labute approximate surface area is 155 Å². The Morgan fingerprint density at radius 2 is 1.42 bits per heavy atom. The molecule has 0 aliphatic carbocycles. The number of carbonyl (C=O) groups excluding carboxylic acids is 1. The van der Waals surface area contributed by atoms with Crippen LogP contribution in [0.25, 0.3) is 0 Å². The Morgan fingerprint density at radius 3 is 2.08 bits per heavy atom. The average molecular weight is 356 g/mol. The van der Waals surface area contributed by atoms with E-state index in [0.717, 1.165) is 29.9 Å². The molecule has 0 saturated heterocycles. The lowest BCUT2D eigenvalue weighted by molar-refractivity contribution is 0.241. The van der Waals surface area contributed by atoms with E-state index < -0.39 is 0 Å². The van der Waals surface area contributed by atoms with E-state index in [1.54, 1.807) is 0 Å². The zero-order valence-corrected chi connectivity index (χ0v) is 15.6. The van der Waals surface area contributed by atoms with Crippen LogP contribution in [0.4, 0.5) is 4.79 Å². The van der Waals surface area contributed by atoms with Crippen LogP contribution < -0.4 is 20.1 Å². The van der Waals surface area contributed by atoms with Gasteiger partial charge in [-0.1, -0.05) is 36.4 Å². The van der Waals surface area contributed by atoms with Gasteiger partial charge in [0.25, 0.3) is 0 Å². The summed E-state index contributed by atoms with van der Waals surface area (Å²) in [6.07, 6.45) is 1.56. The van der Waals surface area contributed by atoms with Gasteiger partial charge in [0.05, 0.1) is 13.2 Å². The molecule has 0 aliphatic heterocycles. The second-order valence-electron chi connectivity index (χ2n) is 5.82. The predicted molar refractivity (Wildman–Crippen MR) is 104 cm³/mol. The van der Waals surface area contributed by atoms with Crippen molar-refractivity contribution in [2.24, 2.45) is 0 Å². The van der Waals surface area contributed by atoms with Gasteiger partial charge in [-0.2, -0.15) is 0 Å². The van der Waals surface area contributed by atoms with Crippen molar-refractivity contribution in [2.45, 2.75) is 26.7 Å². The molecule has 0 spiro atoms. The first-order valence-corrected chi connectivity index (χ1v) is 9.17. The van der Waals surface area contributed by atoms with Crippen LogP contribution in [0.1, 0.15) is 25.0 Å². The first-order chi connectivity index (χ1) is 12.7. The standard InChI is InChI=1S/C21H28N2O3/c1-3-25-19-11-10-18(16-20(19)26-4-2)13-15-23-21(24)22-14-12-17-8-6-5-7-9-17/h5-11,16H,3-4,12-15H2,1-2H3,(H2,22,23,24). The molecule has 0 fully saturated rings. The van der Waals surface area contributed by atoms with Crippen molar-refractivity contribution in [3.8, 4) is 11.5 Å². The molecular weight excluding hydrogens is 328 g/mol. The zero-order valence-electron chi connectivity index (χ0n) is 15.6. The van der Waals surface area contributed by atoms with Crippen LogP contribution in [0.3, 0.4) is 0 Å². The molecule has 2 rings (SSSR count). The van der Waals surface area contributed by atoms with Crippen molar-refractivity contribution in [2.75, 3.05) is 26.3 Å². The summed E-state index contributed by atoms with van der Waals surface area (Å²) in [6.45, 7) is 6.27. The van der Waals surface area contributed by atoms with E-state index >= 15 is 0 Å². The third-order valence-electron chi connectivity index (χ3n) is 3.85. The van der Waals surface area contributed by atoms with Gasteiger partial charge in [0.15, 0.2) is 11.5 Å². The molecule has 0 radical (unpaired) electrons. The maximum absolute atomic E-state index is 11.9. The SMILES string of the molecule is CCOc1ccc(CCNC(=O)NCCc2ccccc2)cc1OCC. The van der Waals surface area contributed by atoms with E-state index in [2.05, 4.69) is 22.8 Å². The number of amides is 2. The lowest BCUT2D eigenvalue weighted by Gasteiger charge is -2.13. The number of nitrogens with one attached hydrogen (secondary N) is 2. The third kappa shape index (κ3) is 6.67. The summed E-state index contributed by atoms with van der Waals surface area (Å²) in [5.41, 5.74) is 2.31. The van der Waals surface area contributed by atoms with E-state index in [4.69, 9.17) is 9.47 Å². The van der Waals surface area contributed by atoms with Gasteiger partial charge in [-0.05, 0) is 49.9 Å². The number of carbonyl (C=O) groups is 1. The van der Waals surface area contributed by atoms with Crippen molar-refractivity contribution in [3.63, 3.8) is 0 Å². The molecule has 0 aromatic heterocycles. The minimum absolute atomic E-state index is 0.142. The lowest BCUT2D eigenvalue weighted by Crippen LogP contribution is -2.37. The fourth-order valence-electron chi connectivity index (χ4n) is 2.60. The molecule has 2 N–H and O–H groups in total. The quantitative estimate of drug-likeness (QED) is 0.684. The molecule has 5 heteroatoms. The van der Waals surface area contributed by atoms with Crippen LogP contribution in [-0.2, 0) is 12.8 Å². The van der Waals surface area contributed by atoms with E-state index in [0.29, 0.717) is 26.3 Å². The van der Waals surface area contributed by atoms with Gasteiger partial charge < -0.3 is 20.1 Å². The minimum atomic E-state index is -0.142. The van der Waals surface area contributed by atoms with Crippen molar-refractivity contribution >= 4 is 6.03 Å². The molecule has 26 heavy (non-hydrogen) atoms. The topological polar surface area (TPSA) is 59.6 Å².